The zero-order valence-corrected chi connectivity index (χ0v) is 9.42. The van der Waals surface area contributed by atoms with Crippen LogP contribution >= 0.6 is 0 Å². The SMILES string of the molecule is C=C(C)C(=O)N(CCC)C(O)CCC. The molecule has 0 aromatic carbocycles. The van der Waals surface area contributed by atoms with Gasteiger partial charge in [-0.2, -0.15) is 0 Å². The van der Waals surface area contributed by atoms with E-state index in [1.807, 2.05) is 13.8 Å². The van der Waals surface area contributed by atoms with Crippen LogP contribution < -0.4 is 0 Å². The summed E-state index contributed by atoms with van der Waals surface area (Å²) in [5.41, 5.74) is 0.480. The molecule has 0 saturated carbocycles. The van der Waals surface area contributed by atoms with Gasteiger partial charge in [0.1, 0.15) is 6.23 Å². The van der Waals surface area contributed by atoms with E-state index in [4.69, 9.17) is 0 Å². The van der Waals surface area contributed by atoms with E-state index in [0.717, 1.165) is 12.8 Å². The number of hydrogen-bond acceptors (Lipinski definition) is 2. The Balaban J connectivity index is 4.41. The first kappa shape index (κ1) is 13.2. The Bertz CT molecular complexity index is 201. The van der Waals surface area contributed by atoms with Gasteiger partial charge in [-0.05, 0) is 19.8 Å². The molecule has 1 amide bonds. The van der Waals surface area contributed by atoms with Gasteiger partial charge in [0, 0.05) is 12.1 Å². The molecular weight excluding hydrogens is 178 g/mol. The molecule has 0 aliphatic heterocycles. The van der Waals surface area contributed by atoms with Gasteiger partial charge in [0.05, 0.1) is 0 Å². The number of nitrogens with zero attached hydrogens (tertiary/aromatic N) is 1. The van der Waals surface area contributed by atoms with Gasteiger partial charge in [-0.25, -0.2) is 0 Å². The fraction of sp³-hybridized carbons (Fsp3) is 0.727. The van der Waals surface area contributed by atoms with Gasteiger partial charge in [0.15, 0.2) is 0 Å². The van der Waals surface area contributed by atoms with Crippen LogP contribution in [0.25, 0.3) is 0 Å². The van der Waals surface area contributed by atoms with Gasteiger partial charge in [0.2, 0.25) is 0 Å². The molecule has 3 nitrogen and oxygen atoms in total. The van der Waals surface area contributed by atoms with E-state index in [-0.39, 0.29) is 5.91 Å². The summed E-state index contributed by atoms with van der Waals surface area (Å²) in [7, 11) is 0. The zero-order chi connectivity index (χ0) is 11.1. The number of carbonyl (C=O) groups excluding carboxylic acids is 1. The summed E-state index contributed by atoms with van der Waals surface area (Å²) in [5, 5.41) is 9.72. The lowest BCUT2D eigenvalue weighted by Gasteiger charge is -2.27. The second-order valence-corrected chi connectivity index (χ2v) is 3.55. The molecule has 0 heterocycles. The van der Waals surface area contributed by atoms with Crippen LogP contribution in [0.4, 0.5) is 0 Å². The highest BCUT2D eigenvalue weighted by atomic mass is 16.3. The number of rotatable bonds is 6. The van der Waals surface area contributed by atoms with Crippen LogP contribution in [0.3, 0.4) is 0 Å². The standard InChI is InChI=1S/C11H21NO2/c1-5-7-10(13)12(8-6-2)11(14)9(3)4/h10,13H,3,5-8H2,1-2,4H3. The lowest BCUT2D eigenvalue weighted by Crippen LogP contribution is -2.41. The van der Waals surface area contributed by atoms with Crippen LogP contribution in [0.1, 0.15) is 40.0 Å². The Hall–Kier alpha value is -0.830. The smallest absolute Gasteiger partial charge is 0.250 e. The van der Waals surface area contributed by atoms with E-state index in [2.05, 4.69) is 6.58 Å². The predicted octanol–water partition coefficient (Wildman–Crippen LogP) is 1.92. The summed E-state index contributed by atoms with van der Waals surface area (Å²) in [6.45, 7) is 9.83. The quantitative estimate of drug-likeness (QED) is 0.524. The third-order valence-corrected chi connectivity index (χ3v) is 2.00. The van der Waals surface area contributed by atoms with E-state index < -0.39 is 6.23 Å². The third-order valence-electron chi connectivity index (χ3n) is 2.00. The van der Waals surface area contributed by atoms with Gasteiger partial charge in [-0.3, -0.25) is 4.79 Å². The molecule has 0 rings (SSSR count). The minimum atomic E-state index is -0.663. The van der Waals surface area contributed by atoms with Gasteiger partial charge in [0.25, 0.3) is 5.91 Å². The average Bonchev–Trinajstić information content (AvgIpc) is 2.13. The second kappa shape index (κ2) is 6.60. The first-order valence-electron chi connectivity index (χ1n) is 5.19. The van der Waals surface area contributed by atoms with E-state index in [1.165, 1.54) is 4.90 Å². The maximum Gasteiger partial charge on any atom is 0.250 e. The lowest BCUT2D eigenvalue weighted by atomic mass is 10.2. The van der Waals surface area contributed by atoms with E-state index in [1.54, 1.807) is 6.92 Å². The first-order chi connectivity index (χ1) is 6.54. The number of amides is 1. The molecule has 0 aliphatic carbocycles. The Morgan fingerprint density at radius 1 is 1.43 bits per heavy atom. The Morgan fingerprint density at radius 2 is 2.00 bits per heavy atom. The summed E-state index contributed by atoms with van der Waals surface area (Å²) in [6, 6.07) is 0. The van der Waals surface area contributed by atoms with Crippen molar-refractivity contribution in [2.45, 2.75) is 46.3 Å². The normalized spacial score (nSPS) is 12.3. The Labute approximate surface area is 86.4 Å². The van der Waals surface area contributed by atoms with Crippen molar-refractivity contribution in [3.8, 4) is 0 Å². The van der Waals surface area contributed by atoms with Crippen molar-refractivity contribution < 1.29 is 9.90 Å². The zero-order valence-electron chi connectivity index (χ0n) is 9.42. The maximum atomic E-state index is 11.6. The molecule has 1 N–H and O–H groups in total. The van der Waals surface area contributed by atoms with Gasteiger partial charge < -0.3 is 10.0 Å². The fourth-order valence-corrected chi connectivity index (χ4v) is 1.29. The average molecular weight is 199 g/mol. The van der Waals surface area contributed by atoms with Crippen molar-refractivity contribution >= 4 is 5.91 Å². The Kier molecular flexibility index (Phi) is 6.21. The number of aliphatic hydroxyl groups excluding tert-OH is 1. The Morgan fingerprint density at radius 3 is 2.36 bits per heavy atom. The van der Waals surface area contributed by atoms with Crippen molar-refractivity contribution in [3.63, 3.8) is 0 Å². The summed E-state index contributed by atoms with van der Waals surface area (Å²) in [4.78, 5) is 13.1. The van der Waals surface area contributed by atoms with Crippen LogP contribution in [-0.2, 0) is 4.79 Å². The molecule has 3 heteroatoms. The van der Waals surface area contributed by atoms with Gasteiger partial charge in [-0.15, -0.1) is 0 Å². The largest absolute Gasteiger partial charge is 0.374 e. The highest BCUT2D eigenvalue weighted by Crippen LogP contribution is 2.08. The predicted molar refractivity (Wildman–Crippen MR) is 57.7 cm³/mol. The fourth-order valence-electron chi connectivity index (χ4n) is 1.29. The maximum absolute atomic E-state index is 11.6. The van der Waals surface area contributed by atoms with Gasteiger partial charge >= 0.3 is 0 Å². The molecule has 1 unspecified atom stereocenters. The summed E-state index contributed by atoms with van der Waals surface area (Å²) in [6.07, 6.45) is 1.67. The molecule has 1 atom stereocenters. The summed E-state index contributed by atoms with van der Waals surface area (Å²) >= 11 is 0. The number of aliphatic hydroxyl groups is 1. The van der Waals surface area contributed by atoms with Crippen LogP contribution in [0.2, 0.25) is 0 Å². The van der Waals surface area contributed by atoms with Crippen LogP contribution in [-0.4, -0.2) is 28.7 Å². The molecule has 0 bridgehead atoms. The van der Waals surface area contributed by atoms with Gasteiger partial charge in [-0.1, -0.05) is 26.8 Å². The minimum absolute atomic E-state index is 0.146. The van der Waals surface area contributed by atoms with Crippen LogP contribution in [0.5, 0.6) is 0 Å². The molecule has 0 radical (unpaired) electrons. The van der Waals surface area contributed by atoms with Crippen molar-refractivity contribution in [3.05, 3.63) is 12.2 Å². The van der Waals surface area contributed by atoms with Crippen molar-refractivity contribution in [2.24, 2.45) is 0 Å². The number of carbonyl (C=O) groups is 1. The van der Waals surface area contributed by atoms with Crippen molar-refractivity contribution in [1.29, 1.82) is 0 Å². The summed E-state index contributed by atoms with van der Waals surface area (Å²) < 4.78 is 0. The molecule has 0 spiro atoms. The van der Waals surface area contributed by atoms with E-state index in [9.17, 15) is 9.90 Å². The van der Waals surface area contributed by atoms with Crippen molar-refractivity contribution in [1.82, 2.24) is 4.90 Å². The highest BCUT2D eigenvalue weighted by molar-refractivity contribution is 5.92. The molecule has 82 valence electrons. The first-order valence-corrected chi connectivity index (χ1v) is 5.19. The summed E-state index contributed by atoms with van der Waals surface area (Å²) in [5.74, 6) is -0.146. The topological polar surface area (TPSA) is 40.5 Å². The second-order valence-electron chi connectivity index (χ2n) is 3.55. The van der Waals surface area contributed by atoms with E-state index in [0.29, 0.717) is 18.5 Å². The minimum Gasteiger partial charge on any atom is -0.374 e. The molecular formula is C11H21NO2. The molecule has 0 aliphatic rings. The molecule has 0 fully saturated rings. The molecule has 0 saturated heterocycles. The molecule has 0 aromatic rings. The molecule has 14 heavy (non-hydrogen) atoms. The van der Waals surface area contributed by atoms with Crippen LogP contribution in [0.15, 0.2) is 12.2 Å². The van der Waals surface area contributed by atoms with Crippen LogP contribution in [0, 0.1) is 0 Å². The van der Waals surface area contributed by atoms with E-state index >= 15 is 0 Å². The number of hydrogen-bond donors (Lipinski definition) is 1. The third kappa shape index (κ3) is 3.92. The van der Waals surface area contributed by atoms with Crippen molar-refractivity contribution in [2.75, 3.05) is 6.54 Å². The highest BCUT2D eigenvalue weighted by Gasteiger charge is 2.19. The lowest BCUT2D eigenvalue weighted by molar-refractivity contribution is -0.137. The monoisotopic (exact) mass is 199 g/mol. The molecule has 0 aromatic heterocycles.